The minimum atomic E-state index is -1.27. The topological polar surface area (TPSA) is 18.5 Å². The summed E-state index contributed by atoms with van der Waals surface area (Å²) >= 11 is 0. The van der Waals surface area contributed by atoms with Crippen LogP contribution in [0.5, 0.6) is 5.75 Å². The second-order valence-corrected chi connectivity index (χ2v) is 9.84. The van der Waals surface area contributed by atoms with E-state index in [1.165, 1.54) is 75.5 Å². The molecule has 0 saturated heterocycles. The van der Waals surface area contributed by atoms with Crippen molar-refractivity contribution < 1.29 is 27.0 Å². The van der Waals surface area contributed by atoms with Crippen molar-refractivity contribution >= 4 is 0 Å². The van der Waals surface area contributed by atoms with Crippen LogP contribution in [0.1, 0.15) is 63.9 Å². The van der Waals surface area contributed by atoms with Crippen LogP contribution in [-0.2, 0) is 11.2 Å². The highest BCUT2D eigenvalue weighted by molar-refractivity contribution is 5.66. The van der Waals surface area contributed by atoms with Crippen LogP contribution in [0, 0.1) is 35.1 Å². The molecule has 2 aromatic carbocycles. The van der Waals surface area contributed by atoms with Gasteiger partial charge in [-0.3, -0.25) is 0 Å². The van der Waals surface area contributed by atoms with Crippen LogP contribution in [0.4, 0.5) is 17.6 Å². The van der Waals surface area contributed by atoms with E-state index in [4.69, 9.17) is 9.47 Å². The van der Waals surface area contributed by atoms with Crippen molar-refractivity contribution in [1.82, 2.24) is 0 Å². The van der Waals surface area contributed by atoms with Crippen molar-refractivity contribution in [3.8, 4) is 16.9 Å². The van der Waals surface area contributed by atoms with Crippen molar-refractivity contribution in [1.29, 1.82) is 0 Å². The Morgan fingerprint density at radius 1 is 0.857 bits per heavy atom. The van der Waals surface area contributed by atoms with Gasteiger partial charge in [-0.15, -0.1) is 0 Å². The average molecular weight is 491 g/mol. The molecule has 2 aromatic rings. The van der Waals surface area contributed by atoms with Crippen molar-refractivity contribution in [3.05, 3.63) is 64.7 Å². The number of benzene rings is 2. The van der Waals surface area contributed by atoms with Crippen LogP contribution in [0.25, 0.3) is 11.1 Å². The molecule has 4 rings (SSSR count). The van der Waals surface area contributed by atoms with Crippen LogP contribution < -0.4 is 4.74 Å². The molecule has 1 aliphatic heterocycles. The zero-order valence-electron chi connectivity index (χ0n) is 20.5. The number of aryl methyl sites for hydroxylation is 1. The Kier molecular flexibility index (Phi) is 8.53. The van der Waals surface area contributed by atoms with Gasteiger partial charge in [0.05, 0.1) is 19.8 Å². The molecule has 1 unspecified atom stereocenters. The van der Waals surface area contributed by atoms with Gasteiger partial charge < -0.3 is 9.47 Å². The summed E-state index contributed by atoms with van der Waals surface area (Å²) in [5.74, 6) is -3.53. The van der Waals surface area contributed by atoms with E-state index >= 15 is 0 Å². The molecular formula is C29H34F4O2. The molecule has 0 spiro atoms. The fourth-order valence-corrected chi connectivity index (χ4v) is 5.54. The van der Waals surface area contributed by atoms with E-state index in [9.17, 15) is 17.6 Å². The molecule has 0 aromatic heterocycles. The summed E-state index contributed by atoms with van der Waals surface area (Å²) in [6, 6.07) is 5.11. The molecule has 35 heavy (non-hydrogen) atoms. The minimum Gasteiger partial charge on any atom is -0.494 e. The summed E-state index contributed by atoms with van der Waals surface area (Å²) < 4.78 is 68.8. The lowest BCUT2D eigenvalue weighted by molar-refractivity contribution is 0.0485. The lowest BCUT2D eigenvalue weighted by Gasteiger charge is -2.33. The van der Waals surface area contributed by atoms with Gasteiger partial charge in [-0.25, -0.2) is 13.2 Å². The predicted octanol–water partition coefficient (Wildman–Crippen LogP) is 8.17. The van der Waals surface area contributed by atoms with Crippen LogP contribution in [0.2, 0.25) is 0 Å². The van der Waals surface area contributed by atoms with Crippen molar-refractivity contribution in [2.45, 2.75) is 70.8 Å². The molecule has 0 N–H and O–H groups in total. The Morgan fingerprint density at radius 2 is 1.54 bits per heavy atom. The van der Waals surface area contributed by atoms with Gasteiger partial charge in [0.1, 0.15) is 0 Å². The quantitative estimate of drug-likeness (QED) is 0.274. The second-order valence-electron chi connectivity index (χ2n) is 9.84. The predicted molar refractivity (Wildman–Crippen MR) is 129 cm³/mol. The monoisotopic (exact) mass is 490 g/mol. The highest BCUT2D eigenvalue weighted by Gasteiger charge is 2.26. The van der Waals surface area contributed by atoms with Crippen molar-refractivity contribution in [2.75, 3.05) is 13.7 Å². The molecule has 1 aliphatic carbocycles. The van der Waals surface area contributed by atoms with Crippen molar-refractivity contribution in [2.24, 2.45) is 11.8 Å². The summed E-state index contributed by atoms with van der Waals surface area (Å²) in [6.07, 6.45) is 11.6. The average Bonchev–Trinajstić information content (AvgIpc) is 2.88. The fourth-order valence-electron chi connectivity index (χ4n) is 5.54. The summed E-state index contributed by atoms with van der Waals surface area (Å²) in [7, 11) is 1.21. The third-order valence-electron chi connectivity index (χ3n) is 7.65. The Balaban J connectivity index is 1.36. The van der Waals surface area contributed by atoms with Gasteiger partial charge in [0.25, 0.3) is 0 Å². The first-order valence-electron chi connectivity index (χ1n) is 12.7. The van der Waals surface area contributed by atoms with E-state index in [1.807, 2.05) is 0 Å². The summed E-state index contributed by atoms with van der Waals surface area (Å²) in [6.45, 7) is 2.87. The largest absolute Gasteiger partial charge is 0.494 e. The number of hydrogen-bond donors (Lipinski definition) is 0. The molecular weight excluding hydrogens is 456 g/mol. The Morgan fingerprint density at radius 3 is 2.17 bits per heavy atom. The molecule has 1 heterocycles. The lowest BCUT2D eigenvalue weighted by atomic mass is 9.76. The molecule has 0 radical (unpaired) electrons. The van der Waals surface area contributed by atoms with Gasteiger partial charge in [0.15, 0.2) is 23.2 Å². The molecule has 1 saturated carbocycles. The lowest BCUT2D eigenvalue weighted by Crippen LogP contribution is -2.25. The maximum Gasteiger partial charge on any atom is 0.201 e. The van der Waals surface area contributed by atoms with E-state index in [1.54, 1.807) is 0 Å². The smallest absolute Gasteiger partial charge is 0.201 e. The number of halogens is 4. The maximum absolute atomic E-state index is 14.8. The van der Waals surface area contributed by atoms with E-state index < -0.39 is 23.3 Å². The van der Waals surface area contributed by atoms with Crippen molar-refractivity contribution in [3.63, 3.8) is 0 Å². The third kappa shape index (κ3) is 5.74. The second kappa shape index (κ2) is 11.6. The van der Waals surface area contributed by atoms with Crippen LogP contribution in [0.15, 0.2) is 35.9 Å². The number of methoxy groups -OCH3 is 1. The summed E-state index contributed by atoms with van der Waals surface area (Å²) in [5, 5.41) is 0. The molecule has 1 fully saturated rings. The molecule has 1 atom stereocenters. The standard InChI is InChI=1S/C29H34F4O2/c1-3-4-18-5-7-19(8-6-18)21-10-13-22(35-17-21)12-9-20-11-14-23(27(31)26(20)30)24-15-16-25(34-2)29(33)28(24)32/h10-11,14-16,18-19,22H,3-9,12-13,17H2,1-2H3. The van der Waals surface area contributed by atoms with Gasteiger partial charge in [-0.2, -0.15) is 4.39 Å². The SMILES string of the molecule is CCCC1CCC(C2=CCC(CCc3ccc(-c4ccc(OC)c(F)c4F)c(F)c3F)OC2)CC1. The molecule has 0 amide bonds. The number of rotatable bonds is 8. The van der Waals surface area contributed by atoms with Crippen LogP contribution in [0.3, 0.4) is 0 Å². The van der Waals surface area contributed by atoms with E-state index in [2.05, 4.69) is 13.0 Å². The zero-order chi connectivity index (χ0) is 24.9. The highest BCUT2D eigenvalue weighted by Crippen LogP contribution is 2.37. The van der Waals surface area contributed by atoms with Gasteiger partial charge in [-0.05, 0) is 80.1 Å². The van der Waals surface area contributed by atoms with E-state index in [0.29, 0.717) is 25.4 Å². The molecule has 190 valence electrons. The highest BCUT2D eigenvalue weighted by atomic mass is 19.2. The normalized spacial score (nSPS) is 22.7. The van der Waals surface area contributed by atoms with Crippen LogP contribution in [-0.4, -0.2) is 19.8 Å². The Labute approximate surface area is 205 Å². The zero-order valence-corrected chi connectivity index (χ0v) is 20.5. The molecule has 6 heteroatoms. The Bertz CT molecular complexity index is 1060. The number of ether oxygens (including phenoxy) is 2. The van der Waals surface area contributed by atoms with Gasteiger partial charge in [-0.1, -0.05) is 38.0 Å². The van der Waals surface area contributed by atoms with Crippen LogP contribution >= 0.6 is 0 Å². The summed E-state index contributed by atoms with van der Waals surface area (Å²) in [4.78, 5) is 0. The summed E-state index contributed by atoms with van der Waals surface area (Å²) in [5.41, 5.74) is 0.934. The Hall–Kier alpha value is -2.34. The molecule has 2 nitrogen and oxygen atoms in total. The fraction of sp³-hybridized carbons (Fsp3) is 0.517. The van der Waals surface area contributed by atoms with Gasteiger partial charge in [0, 0.05) is 11.1 Å². The van der Waals surface area contributed by atoms with E-state index in [0.717, 1.165) is 12.3 Å². The first-order valence-corrected chi connectivity index (χ1v) is 12.7. The first-order chi connectivity index (χ1) is 16.9. The van der Waals surface area contributed by atoms with E-state index in [-0.39, 0.29) is 28.5 Å². The molecule has 0 bridgehead atoms. The first kappa shape index (κ1) is 25.7. The number of hydrogen-bond acceptors (Lipinski definition) is 2. The molecule has 2 aliphatic rings. The van der Waals surface area contributed by atoms with Gasteiger partial charge in [0.2, 0.25) is 5.82 Å². The van der Waals surface area contributed by atoms with Gasteiger partial charge >= 0.3 is 0 Å². The maximum atomic E-state index is 14.8. The third-order valence-corrected chi connectivity index (χ3v) is 7.65. The minimum absolute atomic E-state index is 0.0366.